The van der Waals surface area contributed by atoms with E-state index in [0.29, 0.717) is 6.04 Å². The molecule has 0 saturated heterocycles. The van der Waals surface area contributed by atoms with Crippen molar-refractivity contribution >= 4 is 0 Å². The van der Waals surface area contributed by atoms with Gasteiger partial charge in [0.25, 0.3) is 0 Å². The predicted octanol–water partition coefficient (Wildman–Crippen LogP) is 3.31. The molecule has 3 nitrogen and oxygen atoms in total. The van der Waals surface area contributed by atoms with Gasteiger partial charge in [0, 0.05) is 19.1 Å². The molecular formula is C18H31N3. The fourth-order valence-electron chi connectivity index (χ4n) is 3.86. The molecule has 3 heteroatoms. The lowest BCUT2D eigenvalue weighted by Gasteiger charge is -2.42. The van der Waals surface area contributed by atoms with Gasteiger partial charge in [-0.05, 0) is 76.2 Å². The van der Waals surface area contributed by atoms with Gasteiger partial charge in [-0.3, -0.25) is 10.2 Å². The summed E-state index contributed by atoms with van der Waals surface area (Å²) in [6.07, 6.45) is 11.5. The van der Waals surface area contributed by atoms with Crippen LogP contribution in [0.1, 0.15) is 64.7 Å². The molecule has 0 aromatic heterocycles. The van der Waals surface area contributed by atoms with E-state index in [0.717, 1.165) is 37.6 Å². The van der Waals surface area contributed by atoms with Crippen LogP contribution in [-0.4, -0.2) is 36.1 Å². The largest absolute Gasteiger partial charge is 0.300 e. The number of hydrogen-bond acceptors (Lipinski definition) is 3. The molecule has 3 fully saturated rings. The van der Waals surface area contributed by atoms with E-state index in [1.807, 2.05) is 0 Å². The van der Waals surface area contributed by atoms with Crippen LogP contribution in [0.25, 0.3) is 0 Å². The van der Waals surface area contributed by atoms with Crippen LogP contribution < -0.4 is 5.32 Å². The Morgan fingerprint density at radius 3 is 2.33 bits per heavy atom. The van der Waals surface area contributed by atoms with Crippen molar-refractivity contribution in [1.82, 2.24) is 10.2 Å². The first-order valence-corrected chi connectivity index (χ1v) is 9.15. The SMILES string of the molecule is CCCNC1(C#N)CCCC(N(CC2CC2)CC2CC2)C1. The van der Waals surface area contributed by atoms with Crippen molar-refractivity contribution in [3.8, 4) is 6.07 Å². The molecule has 0 aromatic rings. The Labute approximate surface area is 130 Å². The number of hydrogen-bond donors (Lipinski definition) is 1. The third-order valence-corrected chi connectivity index (χ3v) is 5.55. The lowest BCUT2D eigenvalue weighted by Crippen LogP contribution is -2.53. The van der Waals surface area contributed by atoms with Crippen molar-refractivity contribution in [2.75, 3.05) is 19.6 Å². The first kappa shape index (κ1) is 15.3. The molecule has 21 heavy (non-hydrogen) atoms. The first-order chi connectivity index (χ1) is 10.2. The molecule has 2 atom stereocenters. The second-order valence-corrected chi connectivity index (χ2v) is 7.71. The summed E-state index contributed by atoms with van der Waals surface area (Å²) in [5, 5.41) is 13.3. The zero-order chi connectivity index (χ0) is 14.7. The van der Waals surface area contributed by atoms with Gasteiger partial charge in [-0.25, -0.2) is 0 Å². The van der Waals surface area contributed by atoms with Crippen molar-refractivity contribution in [2.45, 2.75) is 76.3 Å². The minimum Gasteiger partial charge on any atom is -0.300 e. The van der Waals surface area contributed by atoms with Gasteiger partial charge in [0.05, 0.1) is 6.07 Å². The van der Waals surface area contributed by atoms with E-state index in [1.165, 1.54) is 51.6 Å². The van der Waals surface area contributed by atoms with E-state index in [1.54, 1.807) is 0 Å². The number of rotatable bonds is 8. The Bertz CT molecular complexity index is 366. The van der Waals surface area contributed by atoms with Crippen LogP contribution in [-0.2, 0) is 0 Å². The summed E-state index contributed by atoms with van der Waals surface area (Å²) in [6, 6.07) is 3.28. The third-order valence-electron chi connectivity index (χ3n) is 5.55. The summed E-state index contributed by atoms with van der Waals surface area (Å²) >= 11 is 0. The molecule has 1 N–H and O–H groups in total. The van der Waals surface area contributed by atoms with Crippen LogP contribution in [0.2, 0.25) is 0 Å². The number of nitrogens with zero attached hydrogens (tertiary/aromatic N) is 2. The summed E-state index contributed by atoms with van der Waals surface area (Å²) in [7, 11) is 0. The molecule has 3 rings (SSSR count). The molecule has 0 aliphatic heterocycles. The summed E-state index contributed by atoms with van der Waals surface area (Å²) in [4.78, 5) is 2.77. The molecular weight excluding hydrogens is 258 g/mol. The molecule has 3 aliphatic carbocycles. The molecule has 118 valence electrons. The van der Waals surface area contributed by atoms with Gasteiger partial charge in [-0.1, -0.05) is 6.92 Å². The Morgan fingerprint density at radius 2 is 1.81 bits per heavy atom. The highest BCUT2D eigenvalue weighted by Gasteiger charge is 2.40. The van der Waals surface area contributed by atoms with Gasteiger partial charge in [0.15, 0.2) is 0 Å². The highest BCUT2D eigenvalue weighted by atomic mass is 15.2. The highest BCUT2D eigenvalue weighted by molar-refractivity contribution is 5.11. The molecule has 3 aliphatic rings. The molecule has 0 bridgehead atoms. The summed E-state index contributed by atoms with van der Waals surface area (Å²) < 4.78 is 0. The number of nitrogens with one attached hydrogen (secondary N) is 1. The summed E-state index contributed by atoms with van der Waals surface area (Å²) in [5.41, 5.74) is -0.246. The molecule has 0 aromatic carbocycles. The van der Waals surface area contributed by atoms with Gasteiger partial charge in [-0.15, -0.1) is 0 Å². The quantitative estimate of drug-likeness (QED) is 0.745. The molecule has 0 amide bonds. The maximum atomic E-state index is 9.73. The maximum absolute atomic E-state index is 9.73. The highest BCUT2D eigenvalue weighted by Crippen LogP contribution is 2.38. The van der Waals surface area contributed by atoms with Crippen molar-refractivity contribution in [1.29, 1.82) is 5.26 Å². The van der Waals surface area contributed by atoms with Gasteiger partial charge in [-0.2, -0.15) is 5.26 Å². The first-order valence-electron chi connectivity index (χ1n) is 9.15. The van der Waals surface area contributed by atoms with E-state index in [9.17, 15) is 5.26 Å². The average molecular weight is 289 g/mol. The Morgan fingerprint density at radius 1 is 1.14 bits per heavy atom. The van der Waals surface area contributed by atoms with Gasteiger partial charge >= 0.3 is 0 Å². The molecule has 0 spiro atoms. The smallest absolute Gasteiger partial charge is 0.108 e. The molecule has 3 saturated carbocycles. The fraction of sp³-hybridized carbons (Fsp3) is 0.944. The predicted molar refractivity (Wildman–Crippen MR) is 85.9 cm³/mol. The fourth-order valence-corrected chi connectivity index (χ4v) is 3.86. The second kappa shape index (κ2) is 6.67. The average Bonchev–Trinajstić information content (AvgIpc) is 3.40. The van der Waals surface area contributed by atoms with E-state index in [-0.39, 0.29) is 5.54 Å². The van der Waals surface area contributed by atoms with Crippen LogP contribution in [0.4, 0.5) is 0 Å². The minimum absolute atomic E-state index is 0.246. The minimum atomic E-state index is -0.246. The Kier molecular flexibility index (Phi) is 4.86. The van der Waals surface area contributed by atoms with Crippen molar-refractivity contribution in [3.63, 3.8) is 0 Å². The number of nitriles is 1. The Balaban J connectivity index is 1.62. The lowest BCUT2D eigenvalue weighted by molar-refractivity contribution is 0.110. The topological polar surface area (TPSA) is 39.1 Å². The zero-order valence-corrected chi connectivity index (χ0v) is 13.6. The van der Waals surface area contributed by atoms with Crippen LogP contribution in [0.5, 0.6) is 0 Å². The van der Waals surface area contributed by atoms with Crippen LogP contribution in [0, 0.1) is 23.2 Å². The maximum Gasteiger partial charge on any atom is 0.108 e. The van der Waals surface area contributed by atoms with Crippen LogP contribution in [0.3, 0.4) is 0 Å². The summed E-state index contributed by atoms with van der Waals surface area (Å²) in [5.74, 6) is 1.93. The molecule has 0 radical (unpaired) electrons. The van der Waals surface area contributed by atoms with Crippen molar-refractivity contribution in [3.05, 3.63) is 0 Å². The third kappa shape index (κ3) is 4.20. The van der Waals surface area contributed by atoms with Gasteiger partial charge in [0.2, 0.25) is 0 Å². The lowest BCUT2D eigenvalue weighted by atomic mass is 9.79. The second-order valence-electron chi connectivity index (χ2n) is 7.71. The normalized spacial score (nSPS) is 33.1. The standard InChI is InChI=1S/C18H31N3/c1-2-10-20-18(14-19)9-3-4-17(11-18)21(12-15-5-6-15)13-16-7-8-16/h15-17,20H,2-13H2,1H3. The van der Waals surface area contributed by atoms with Crippen molar-refractivity contribution in [2.24, 2.45) is 11.8 Å². The van der Waals surface area contributed by atoms with Gasteiger partial charge in [0.1, 0.15) is 5.54 Å². The van der Waals surface area contributed by atoms with Crippen molar-refractivity contribution < 1.29 is 0 Å². The van der Waals surface area contributed by atoms with E-state index in [4.69, 9.17) is 0 Å². The monoisotopic (exact) mass is 289 g/mol. The van der Waals surface area contributed by atoms with Crippen LogP contribution >= 0.6 is 0 Å². The Hall–Kier alpha value is -0.590. The van der Waals surface area contributed by atoms with E-state index in [2.05, 4.69) is 23.2 Å². The van der Waals surface area contributed by atoms with E-state index < -0.39 is 0 Å². The molecule has 0 heterocycles. The van der Waals surface area contributed by atoms with Gasteiger partial charge < -0.3 is 0 Å². The molecule has 2 unspecified atom stereocenters. The van der Waals surface area contributed by atoms with Crippen LogP contribution in [0.15, 0.2) is 0 Å². The summed E-state index contributed by atoms with van der Waals surface area (Å²) in [6.45, 7) is 5.77. The van der Waals surface area contributed by atoms with E-state index >= 15 is 0 Å². The zero-order valence-electron chi connectivity index (χ0n) is 13.6.